The van der Waals surface area contributed by atoms with Crippen LogP contribution in [0.1, 0.15) is 48.3 Å². The lowest BCUT2D eigenvalue weighted by Crippen LogP contribution is -2.37. The maximum Gasteiger partial charge on any atom is 0.253 e. The molecular formula is C18H25N5O2. The van der Waals surface area contributed by atoms with Crippen molar-refractivity contribution in [2.75, 3.05) is 19.6 Å². The molecular weight excluding hydrogens is 318 g/mol. The van der Waals surface area contributed by atoms with Crippen LogP contribution >= 0.6 is 0 Å². The largest absolute Gasteiger partial charge is 0.340 e. The zero-order valence-electron chi connectivity index (χ0n) is 14.9. The van der Waals surface area contributed by atoms with Gasteiger partial charge in [0.1, 0.15) is 0 Å². The zero-order valence-corrected chi connectivity index (χ0v) is 14.9. The van der Waals surface area contributed by atoms with E-state index in [1.54, 1.807) is 31.5 Å². The van der Waals surface area contributed by atoms with Gasteiger partial charge in [-0.2, -0.15) is 4.98 Å². The Kier molecular flexibility index (Phi) is 5.75. The standard InChI is InChI=1S/C18H25N5O2/c1-3-22(13-17-20-14(2)25-21-17)16-5-4-11-23(12-8-16)18(24)15-6-9-19-10-7-15/h6-7,9-10,16H,3-5,8,11-13H2,1-2H3/t16-/m0/s1. The van der Waals surface area contributed by atoms with Gasteiger partial charge in [-0.1, -0.05) is 12.1 Å². The van der Waals surface area contributed by atoms with Crippen LogP contribution in [0.4, 0.5) is 0 Å². The minimum Gasteiger partial charge on any atom is -0.340 e. The molecule has 7 nitrogen and oxygen atoms in total. The number of aryl methyl sites for hydroxylation is 1. The summed E-state index contributed by atoms with van der Waals surface area (Å²) < 4.78 is 5.07. The van der Waals surface area contributed by atoms with Crippen LogP contribution in [0.5, 0.6) is 0 Å². The van der Waals surface area contributed by atoms with E-state index in [1.807, 2.05) is 4.90 Å². The lowest BCUT2D eigenvalue weighted by atomic mass is 10.1. The van der Waals surface area contributed by atoms with Gasteiger partial charge in [-0.05, 0) is 37.9 Å². The number of nitrogens with zero attached hydrogens (tertiary/aromatic N) is 5. The second-order valence-corrected chi connectivity index (χ2v) is 6.41. The van der Waals surface area contributed by atoms with Gasteiger partial charge in [0.15, 0.2) is 5.82 Å². The van der Waals surface area contributed by atoms with Gasteiger partial charge in [0, 0.05) is 44.0 Å². The molecule has 2 aromatic rings. The minimum atomic E-state index is 0.0971. The Labute approximate surface area is 148 Å². The van der Waals surface area contributed by atoms with Gasteiger partial charge in [-0.25, -0.2) is 0 Å². The maximum absolute atomic E-state index is 12.6. The van der Waals surface area contributed by atoms with Crippen LogP contribution in [0.15, 0.2) is 29.0 Å². The van der Waals surface area contributed by atoms with E-state index in [0.29, 0.717) is 24.0 Å². The summed E-state index contributed by atoms with van der Waals surface area (Å²) >= 11 is 0. The van der Waals surface area contributed by atoms with Crippen molar-refractivity contribution in [2.24, 2.45) is 0 Å². The molecule has 0 saturated carbocycles. The summed E-state index contributed by atoms with van der Waals surface area (Å²) in [6.45, 7) is 7.15. The SMILES string of the molecule is CCN(Cc1noc(C)n1)[C@H]1CCCN(C(=O)c2ccncc2)CC1. The van der Waals surface area contributed by atoms with E-state index in [-0.39, 0.29) is 5.91 Å². The van der Waals surface area contributed by atoms with Gasteiger partial charge >= 0.3 is 0 Å². The fourth-order valence-corrected chi connectivity index (χ4v) is 3.41. The van der Waals surface area contributed by atoms with Crippen LogP contribution in [0.3, 0.4) is 0 Å². The number of rotatable bonds is 5. The number of amides is 1. The first kappa shape index (κ1) is 17.5. The van der Waals surface area contributed by atoms with Crippen molar-refractivity contribution in [3.63, 3.8) is 0 Å². The number of carbonyl (C=O) groups excluding carboxylic acids is 1. The smallest absolute Gasteiger partial charge is 0.253 e. The first-order valence-corrected chi connectivity index (χ1v) is 8.90. The Morgan fingerprint density at radius 2 is 2.12 bits per heavy atom. The van der Waals surface area contributed by atoms with E-state index < -0.39 is 0 Å². The highest BCUT2D eigenvalue weighted by Gasteiger charge is 2.25. The molecule has 0 radical (unpaired) electrons. The highest BCUT2D eigenvalue weighted by atomic mass is 16.5. The molecule has 0 aromatic carbocycles. The normalized spacial score (nSPS) is 18.4. The van der Waals surface area contributed by atoms with Crippen LogP contribution in [-0.2, 0) is 6.54 Å². The average molecular weight is 343 g/mol. The van der Waals surface area contributed by atoms with Crippen molar-refractivity contribution in [2.45, 2.75) is 45.7 Å². The average Bonchev–Trinajstić information content (AvgIpc) is 2.91. The molecule has 2 aromatic heterocycles. The van der Waals surface area contributed by atoms with Gasteiger partial charge in [0.2, 0.25) is 5.89 Å². The van der Waals surface area contributed by atoms with E-state index in [0.717, 1.165) is 44.7 Å². The lowest BCUT2D eigenvalue weighted by molar-refractivity contribution is 0.0755. The third-order valence-electron chi connectivity index (χ3n) is 4.75. The summed E-state index contributed by atoms with van der Waals surface area (Å²) in [6.07, 6.45) is 6.37. The highest BCUT2D eigenvalue weighted by Crippen LogP contribution is 2.20. The molecule has 25 heavy (non-hydrogen) atoms. The van der Waals surface area contributed by atoms with Gasteiger partial charge in [0.05, 0.1) is 6.54 Å². The Hall–Kier alpha value is -2.28. The summed E-state index contributed by atoms with van der Waals surface area (Å²) in [7, 11) is 0. The first-order valence-electron chi connectivity index (χ1n) is 8.90. The molecule has 1 saturated heterocycles. The summed E-state index contributed by atoms with van der Waals surface area (Å²) in [6, 6.07) is 3.99. The van der Waals surface area contributed by atoms with Crippen molar-refractivity contribution in [3.05, 3.63) is 41.8 Å². The Morgan fingerprint density at radius 3 is 2.80 bits per heavy atom. The molecule has 1 fully saturated rings. The molecule has 0 unspecified atom stereocenters. The molecule has 1 aliphatic heterocycles. The summed E-state index contributed by atoms with van der Waals surface area (Å²) in [5, 5.41) is 4.01. The summed E-state index contributed by atoms with van der Waals surface area (Å²) in [5.74, 6) is 1.43. The van der Waals surface area contributed by atoms with E-state index in [4.69, 9.17) is 4.52 Å². The Balaban J connectivity index is 1.61. The molecule has 1 atom stereocenters. The van der Waals surface area contributed by atoms with Crippen LogP contribution in [-0.4, -0.2) is 56.5 Å². The second kappa shape index (κ2) is 8.20. The number of likely N-dealkylation sites (tertiary alicyclic amines) is 1. The zero-order chi connectivity index (χ0) is 17.6. The number of carbonyl (C=O) groups is 1. The van der Waals surface area contributed by atoms with Crippen molar-refractivity contribution in [1.29, 1.82) is 0 Å². The topological polar surface area (TPSA) is 75.4 Å². The summed E-state index contributed by atoms with van der Waals surface area (Å²) in [5.41, 5.74) is 0.711. The molecule has 1 aliphatic rings. The van der Waals surface area contributed by atoms with Crippen LogP contribution in [0.25, 0.3) is 0 Å². The molecule has 0 bridgehead atoms. The van der Waals surface area contributed by atoms with Crippen molar-refractivity contribution < 1.29 is 9.32 Å². The van der Waals surface area contributed by atoms with Crippen molar-refractivity contribution in [3.8, 4) is 0 Å². The maximum atomic E-state index is 12.6. The van der Waals surface area contributed by atoms with Crippen molar-refractivity contribution >= 4 is 5.91 Å². The fraction of sp³-hybridized carbons (Fsp3) is 0.556. The monoisotopic (exact) mass is 343 g/mol. The fourth-order valence-electron chi connectivity index (χ4n) is 3.41. The Bertz CT molecular complexity index is 688. The molecule has 3 rings (SSSR count). The van der Waals surface area contributed by atoms with Gasteiger partial charge < -0.3 is 9.42 Å². The van der Waals surface area contributed by atoms with Crippen molar-refractivity contribution in [1.82, 2.24) is 24.9 Å². The quantitative estimate of drug-likeness (QED) is 0.829. The highest BCUT2D eigenvalue weighted by molar-refractivity contribution is 5.94. The van der Waals surface area contributed by atoms with E-state index in [2.05, 4.69) is 26.9 Å². The predicted octanol–water partition coefficient (Wildman–Crippen LogP) is 2.29. The van der Waals surface area contributed by atoms with Gasteiger partial charge in [0.25, 0.3) is 5.91 Å². The number of aromatic nitrogens is 3. The van der Waals surface area contributed by atoms with E-state index >= 15 is 0 Å². The lowest BCUT2D eigenvalue weighted by Gasteiger charge is -2.28. The molecule has 0 N–H and O–H groups in total. The van der Waals surface area contributed by atoms with E-state index in [9.17, 15) is 4.79 Å². The third kappa shape index (κ3) is 4.42. The first-order chi connectivity index (χ1) is 12.2. The molecule has 1 amide bonds. The third-order valence-corrected chi connectivity index (χ3v) is 4.75. The van der Waals surface area contributed by atoms with E-state index in [1.165, 1.54) is 0 Å². The number of hydrogen-bond donors (Lipinski definition) is 0. The molecule has 134 valence electrons. The molecule has 0 spiro atoms. The number of pyridine rings is 1. The van der Waals surface area contributed by atoms with Crippen LogP contribution in [0, 0.1) is 6.92 Å². The Morgan fingerprint density at radius 1 is 1.32 bits per heavy atom. The molecule has 3 heterocycles. The molecule has 7 heteroatoms. The number of hydrogen-bond acceptors (Lipinski definition) is 6. The summed E-state index contributed by atoms with van der Waals surface area (Å²) in [4.78, 5) is 25.3. The van der Waals surface area contributed by atoms with Crippen LogP contribution in [0.2, 0.25) is 0 Å². The second-order valence-electron chi connectivity index (χ2n) is 6.41. The molecule has 0 aliphatic carbocycles. The predicted molar refractivity (Wildman–Crippen MR) is 92.9 cm³/mol. The minimum absolute atomic E-state index is 0.0971. The van der Waals surface area contributed by atoms with Gasteiger partial charge in [-0.15, -0.1) is 0 Å². The van der Waals surface area contributed by atoms with Gasteiger partial charge in [-0.3, -0.25) is 14.7 Å². The van der Waals surface area contributed by atoms with Crippen LogP contribution < -0.4 is 0 Å².